The zero-order valence-electron chi connectivity index (χ0n) is 10.7. The van der Waals surface area contributed by atoms with Gasteiger partial charge in [0.25, 0.3) is 0 Å². The van der Waals surface area contributed by atoms with Crippen molar-refractivity contribution in [3.8, 4) is 5.75 Å². The lowest BCUT2D eigenvalue weighted by molar-refractivity contribution is -0.141. The Bertz CT molecular complexity index is 390. The molecular weight excluding hydrogens is 218 g/mol. The Morgan fingerprint density at radius 1 is 1.29 bits per heavy atom. The fourth-order valence-corrected chi connectivity index (χ4v) is 1.52. The predicted molar refractivity (Wildman–Crippen MR) is 65.2 cm³/mol. The van der Waals surface area contributed by atoms with Gasteiger partial charge in [0.2, 0.25) is 0 Å². The molecule has 0 saturated carbocycles. The van der Waals surface area contributed by atoms with E-state index in [2.05, 4.69) is 4.98 Å². The number of nitrogens with zero attached hydrogens (tertiary/aromatic N) is 1. The van der Waals surface area contributed by atoms with Crippen molar-refractivity contribution in [2.75, 3.05) is 0 Å². The number of carboxylic acid groups (broad SMARTS) is 1. The van der Waals surface area contributed by atoms with E-state index in [1.807, 2.05) is 26.8 Å². The standard InChI is InChI=1S/C13H19NO3/c1-8(2)17-12-5-11(6-14-7-12)9(3)10(4)13(15)16/h5-10H,1-4H3,(H,15,16). The van der Waals surface area contributed by atoms with Gasteiger partial charge in [-0.2, -0.15) is 0 Å². The van der Waals surface area contributed by atoms with E-state index < -0.39 is 11.9 Å². The molecule has 0 aliphatic heterocycles. The molecule has 4 heteroatoms. The molecule has 0 amide bonds. The van der Waals surface area contributed by atoms with Crippen LogP contribution < -0.4 is 4.74 Å². The third kappa shape index (κ3) is 3.73. The van der Waals surface area contributed by atoms with Crippen LogP contribution in [0.5, 0.6) is 5.75 Å². The second kappa shape index (κ2) is 5.66. The maximum atomic E-state index is 10.9. The van der Waals surface area contributed by atoms with Crippen LogP contribution in [0.2, 0.25) is 0 Å². The van der Waals surface area contributed by atoms with Crippen LogP contribution in [-0.4, -0.2) is 22.2 Å². The Balaban J connectivity index is 2.87. The van der Waals surface area contributed by atoms with Crippen molar-refractivity contribution in [1.82, 2.24) is 4.98 Å². The van der Waals surface area contributed by atoms with Crippen molar-refractivity contribution >= 4 is 5.97 Å². The topological polar surface area (TPSA) is 59.4 Å². The first-order chi connectivity index (χ1) is 7.91. The summed E-state index contributed by atoms with van der Waals surface area (Å²) in [5, 5.41) is 8.98. The summed E-state index contributed by atoms with van der Waals surface area (Å²) in [6.45, 7) is 7.46. The summed E-state index contributed by atoms with van der Waals surface area (Å²) in [7, 11) is 0. The van der Waals surface area contributed by atoms with Gasteiger partial charge in [-0.25, -0.2) is 0 Å². The molecule has 0 spiro atoms. The summed E-state index contributed by atoms with van der Waals surface area (Å²) < 4.78 is 5.54. The van der Waals surface area contributed by atoms with E-state index in [9.17, 15) is 4.79 Å². The van der Waals surface area contributed by atoms with Crippen molar-refractivity contribution in [3.05, 3.63) is 24.0 Å². The Labute approximate surface area is 102 Å². The highest BCUT2D eigenvalue weighted by atomic mass is 16.5. The lowest BCUT2D eigenvalue weighted by atomic mass is 9.90. The lowest BCUT2D eigenvalue weighted by Crippen LogP contribution is -2.17. The second-order valence-electron chi connectivity index (χ2n) is 4.54. The van der Waals surface area contributed by atoms with Gasteiger partial charge in [0, 0.05) is 6.20 Å². The third-order valence-corrected chi connectivity index (χ3v) is 2.77. The van der Waals surface area contributed by atoms with Gasteiger partial charge in [0.05, 0.1) is 18.2 Å². The molecule has 1 heterocycles. The van der Waals surface area contributed by atoms with E-state index in [4.69, 9.17) is 9.84 Å². The molecule has 0 fully saturated rings. The Hall–Kier alpha value is -1.58. The molecule has 0 aliphatic carbocycles. The molecule has 1 aromatic heterocycles. The fourth-order valence-electron chi connectivity index (χ4n) is 1.52. The molecule has 1 N–H and O–H groups in total. The average Bonchev–Trinajstić information content (AvgIpc) is 2.26. The Morgan fingerprint density at radius 2 is 1.94 bits per heavy atom. The normalized spacial score (nSPS) is 14.4. The molecule has 0 bridgehead atoms. The van der Waals surface area contributed by atoms with Gasteiger partial charge in [0.15, 0.2) is 0 Å². The average molecular weight is 237 g/mol. The predicted octanol–water partition coefficient (Wildman–Crippen LogP) is 2.69. The maximum absolute atomic E-state index is 10.9. The second-order valence-corrected chi connectivity index (χ2v) is 4.54. The van der Waals surface area contributed by atoms with Gasteiger partial charge < -0.3 is 9.84 Å². The van der Waals surface area contributed by atoms with Crippen molar-refractivity contribution in [1.29, 1.82) is 0 Å². The van der Waals surface area contributed by atoms with Crippen LogP contribution >= 0.6 is 0 Å². The minimum absolute atomic E-state index is 0.0826. The van der Waals surface area contributed by atoms with E-state index in [0.29, 0.717) is 5.75 Å². The number of carbonyl (C=O) groups is 1. The molecule has 2 unspecified atom stereocenters. The summed E-state index contributed by atoms with van der Waals surface area (Å²) in [6.07, 6.45) is 3.41. The molecular formula is C13H19NO3. The van der Waals surface area contributed by atoms with E-state index >= 15 is 0 Å². The monoisotopic (exact) mass is 237 g/mol. The van der Waals surface area contributed by atoms with Gasteiger partial charge in [-0.1, -0.05) is 13.8 Å². The van der Waals surface area contributed by atoms with Gasteiger partial charge in [-0.05, 0) is 31.4 Å². The summed E-state index contributed by atoms with van der Waals surface area (Å²) in [6, 6.07) is 1.86. The Kier molecular flexibility index (Phi) is 4.49. The smallest absolute Gasteiger partial charge is 0.306 e. The molecule has 2 atom stereocenters. The highest BCUT2D eigenvalue weighted by Gasteiger charge is 2.21. The molecule has 4 nitrogen and oxygen atoms in total. The maximum Gasteiger partial charge on any atom is 0.306 e. The highest BCUT2D eigenvalue weighted by Crippen LogP contribution is 2.26. The molecule has 1 rings (SSSR count). The number of aromatic nitrogens is 1. The van der Waals surface area contributed by atoms with Crippen LogP contribution in [-0.2, 0) is 4.79 Å². The molecule has 17 heavy (non-hydrogen) atoms. The van der Waals surface area contributed by atoms with Crippen LogP contribution in [0, 0.1) is 5.92 Å². The summed E-state index contributed by atoms with van der Waals surface area (Å²) >= 11 is 0. The number of hydrogen-bond donors (Lipinski definition) is 1. The van der Waals surface area contributed by atoms with Gasteiger partial charge in [-0.3, -0.25) is 9.78 Å². The molecule has 0 aliphatic rings. The van der Waals surface area contributed by atoms with Crippen LogP contribution in [0.1, 0.15) is 39.2 Å². The fraction of sp³-hybridized carbons (Fsp3) is 0.538. The SMILES string of the molecule is CC(C)Oc1cncc(C(C)C(C)C(=O)O)c1. The zero-order chi connectivity index (χ0) is 13.0. The first-order valence-corrected chi connectivity index (χ1v) is 5.76. The summed E-state index contributed by atoms with van der Waals surface area (Å²) in [4.78, 5) is 15.0. The number of hydrogen-bond acceptors (Lipinski definition) is 3. The minimum atomic E-state index is -0.798. The van der Waals surface area contributed by atoms with E-state index in [-0.39, 0.29) is 12.0 Å². The summed E-state index contributed by atoms with van der Waals surface area (Å²) in [5.74, 6) is -0.642. The van der Waals surface area contributed by atoms with Crippen molar-refractivity contribution in [2.24, 2.45) is 5.92 Å². The molecule has 1 aromatic rings. The van der Waals surface area contributed by atoms with Crippen LogP contribution in [0.25, 0.3) is 0 Å². The number of rotatable bonds is 5. The lowest BCUT2D eigenvalue weighted by Gasteiger charge is -2.17. The van der Waals surface area contributed by atoms with E-state index in [1.54, 1.807) is 19.3 Å². The van der Waals surface area contributed by atoms with Gasteiger partial charge >= 0.3 is 5.97 Å². The quantitative estimate of drug-likeness (QED) is 0.855. The first kappa shape index (κ1) is 13.5. The minimum Gasteiger partial charge on any atom is -0.489 e. The van der Waals surface area contributed by atoms with Crippen molar-refractivity contribution in [2.45, 2.75) is 39.7 Å². The van der Waals surface area contributed by atoms with Crippen LogP contribution in [0.3, 0.4) is 0 Å². The molecule has 0 aromatic carbocycles. The number of carboxylic acids is 1. The zero-order valence-corrected chi connectivity index (χ0v) is 10.7. The van der Waals surface area contributed by atoms with Crippen LogP contribution in [0.4, 0.5) is 0 Å². The van der Waals surface area contributed by atoms with E-state index in [1.165, 1.54) is 0 Å². The van der Waals surface area contributed by atoms with Crippen LogP contribution in [0.15, 0.2) is 18.5 Å². The number of pyridine rings is 1. The summed E-state index contributed by atoms with van der Waals surface area (Å²) in [5.41, 5.74) is 0.887. The Morgan fingerprint density at radius 3 is 2.47 bits per heavy atom. The number of aliphatic carboxylic acids is 1. The largest absolute Gasteiger partial charge is 0.489 e. The number of ether oxygens (including phenoxy) is 1. The molecule has 0 saturated heterocycles. The van der Waals surface area contributed by atoms with Gasteiger partial charge in [-0.15, -0.1) is 0 Å². The van der Waals surface area contributed by atoms with Crippen molar-refractivity contribution < 1.29 is 14.6 Å². The van der Waals surface area contributed by atoms with E-state index in [0.717, 1.165) is 5.56 Å². The highest BCUT2D eigenvalue weighted by molar-refractivity contribution is 5.70. The molecule has 0 radical (unpaired) electrons. The van der Waals surface area contributed by atoms with Gasteiger partial charge in [0.1, 0.15) is 5.75 Å². The molecule has 94 valence electrons. The first-order valence-electron chi connectivity index (χ1n) is 5.76. The third-order valence-electron chi connectivity index (χ3n) is 2.77. The van der Waals surface area contributed by atoms with Crippen molar-refractivity contribution in [3.63, 3.8) is 0 Å².